The molecule has 0 radical (unpaired) electrons. The van der Waals surface area contributed by atoms with Gasteiger partial charge in [-0.25, -0.2) is 22.5 Å². The lowest BCUT2D eigenvalue weighted by Gasteiger charge is -2.07. The number of rotatable bonds is 5. The predicted molar refractivity (Wildman–Crippen MR) is 63.8 cm³/mol. The summed E-state index contributed by atoms with van der Waals surface area (Å²) in [5, 5.41) is 0. The number of halogens is 1. The molecule has 0 saturated heterocycles. The van der Waals surface area contributed by atoms with E-state index in [0.29, 0.717) is 6.54 Å². The molecule has 2 rings (SSSR count). The lowest BCUT2D eigenvalue weighted by molar-refractivity contribution is 0.572. The van der Waals surface area contributed by atoms with Crippen LogP contribution in [0.2, 0.25) is 0 Å². The molecule has 1 heterocycles. The fraction of sp³-hybridized carbons (Fsp3) is 0.182. The Bertz CT molecular complexity index is 594. The van der Waals surface area contributed by atoms with Crippen LogP contribution in [0, 0.1) is 5.82 Å². The zero-order valence-electron chi connectivity index (χ0n) is 9.45. The summed E-state index contributed by atoms with van der Waals surface area (Å²) in [5.41, 5.74) is 0. The van der Waals surface area contributed by atoms with E-state index in [9.17, 15) is 12.8 Å². The molecule has 18 heavy (non-hydrogen) atoms. The van der Waals surface area contributed by atoms with E-state index in [2.05, 4.69) is 9.71 Å². The van der Waals surface area contributed by atoms with E-state index in [1.807, 2.05) is 0 Å². The lowest BCUT2D eigenvalue weighted by atomic mass is 10.4. The van der Waals surface area contributed by atoms with Crippen molar-refractivity contribution in [1.82, 2.24) is 14.3 Å². The number of nitrogens with zero attached hydrogens (tertiary/aromatic N) is 2. The fourth-order valence-corrected chi connectivity index (χ4v) is 2.45. The van der Waals surface area contributed by atoms with Gasteiger partial charge in [-0.1, -0.05) is 0 Å². The van der Waals surface area contributed by atoms with E-state index in [1.54, 1.807) is 23.3 Å². The average Bonchev–Trinajstić information content (AvgIpc) is 2.82. The van der Waals surface area contributed by atoms with Gasteiger partial charge >= 0.3 is 0 Å². The topological polar surface area (TPSA) is 64.0 Å². The molecule has 0 bridgehead atoms. The summed E-state index contributed by atoms with van der Waals surface area (Å²) < 4.78 is 40.5. The fourth-order valence-electron chi connectivity index (χ4n) is 1.43. The van der Waals surface area contributed by atoms with Crippen LogP contribution in [-0.2, 0) is 16.6 Å². The van der Waals surface area contributed by atoms with Crippen molar-refractivity contribution in [3.63, 3.8) is 0 Å². The summed E-state index contributed by atoms with van der Waals surface area (Å²) in [6.07, 6.45) is 4.97. The summed E-state index contributed by atoms with van der Waals surface area (Å²) >= 11 is 0. The van der Waals surface area contributed by atoms with Gasteiger partial charge in [-0.3, -0.25) is 0 Å². The van der Waals surface area contributed by atoms with E-state index in [-0.39, 0.29) is 11.4 Å². The van der Waals surface area contributed by atoms with Crippen LogP contribution in [-0.4, -0.2) is 24.5 Å². The van der Waals surface area contributed by atoms with Crippen molar-refractivity contribution in [2.24, 2.45) is 0 Å². The molecule has 0 fully saturated rings. The third-order valence-corrected chi connectivity index (χ3v) is 3.82. The quantitative estimate of drug-likeness (QED) is 0.880. The number of hydrogen-bond donors (Lipinski definition) is 1. The second-order valence-electron chi connectivity index (χ2n) is 3.65. The van der Waals surface area contributed by atoms with Crippen molar-refractivity contribution >= 4 is 10.0 Å². The number of imidazole rings is 1. The third kappa shape index (κ3) is 3.14. The van der Waals surface area contributed by atoms with Crippen molar-refractivity contribution < 1.29 is 12.8 Å². The van der Waals surface area contributed by atoms with E-state index >= 15 is 0 Å². The summed E-state index contributed by atoms with van der Waals surface area (Å²) in [6.45, 7) is 0.733. The maximum absolute atomic E-state index is 12.7. The Balaban J connectivity index is 1.97. The van der Waals surface area contributed by atoms with Gasteiger partial charge in [-0.2, -0.15) is 0 Å². The van der Waals surface area contributed by atoms with Gasteiger partial charge in [0.1, 0.15) is 5.82 Å². The van der Waals surface area contributed by atoms with Crippen LogP contribution in [0.1, 0.15) is 0 Å². The van der Waals surface area contributed by atoms with Crippen molar-refractivity contribution in [2.45, 2.75) is 11.4 Å². The van der Waals surface area contributed by atoms with Crippen LogP contribution in [0.5, 0.6) is 0 Å². The van der Waals surface area contributed by atoms with Gasteiger partial charge in [-0.15, -0.1) is 0 Å². The molecular weight excluding hydrogens is 257 g/mol. The van der Waals surface area contributed by atoms with Gasteiger partial charge in [0.25, 0.3) is 0 Å². The molecule has 0 aliphatic heterocycles. The highest BCUT2D eigenvalue weighted by atomic mass is 32.2. The molecule has 0 unspecified atom stereocenters. The van der Waals surface area contributed by atoms with Crippen molar-refractivity contribution in [2.75, 3.05) is 6.54 Å². The Kier molecular flexibility index (Phi) is 3.73. The van der Waals surface area contributed by atoms with Gasteiger partial charge in [0, 0.05) is 25.5 Å². The number of aromatic nitrogens is 2. The maximum Gasteiger partial charge on any atom is 0.240 e. The second-order valence-corrected chi connectivity index (χ2v) is 5.42. The minimum absolute atomic E-state index is 0.0505. The van der Waals surface area contributed by atoms with Crippen LogP contribution in [0.3, 0.4) is 0 Å². The first-order chi connectivity index (χ1) is 8.58. The number of benzene rings is 1. The molecule has 1 aromatic carbocycles. The molecule has 96 valence electrons. The molecule has 0 spiro atoms. The minimum Gasteiger partial charge on any atom is -0.336 e. The summed E-state index contributed by atoms with van der Waals surface area (Å²) in [7, 11) is -3.58. The molecule has 0 aliphatic carbocycles. The highest BCUT2D eigenvalue weighted by Crippen LogP contribution is 2.09. The van der Waals surface area contributed by atoms with Crippen LogP contribution < -0.4 is 4.72 Å². The lowest BCUT2D eigenvalue weighted by Crippen LogP contribution is -2.27. The maximum atomic E-state index is 12.7. The normalized spacial score (nSPS) is 11.6. The Morgan fingerprint density at radius 1 is 1.28 bits per heavy atom. The molecule has 0 aliphatic rings. The number of hydrogen-bond acceptors (Lipinski definition) is 3. The van der Waals surface area contributed by atoms with Crippen LogP contribution >= 0.6 is 0 Å². The predicted octanol–water partition coefficient (Wildman–Crippen LogP) is 1.00. The zero-order chi connectivity index (χ0) is 13.0. The highest BCUT2D eigenvalue weighted by Gasteiger charge is 2.12. The van der Waals surface area contributed by atoms with Gasteiger partial charge in [-0.05, 0) is 24.3 Å². The van der Waals surface area contributed by atoms with Crippen molar-refractivity contribution in [3.8, 4) is 0 Å². The van der Waals surface area contributed by atoms with E-state index in [0.717, 1.165) is 12.1 Å². The Morgan fingerprint density at radius 2 is 2.00 bits per heavy atom. The standard InChI is InChI=1S/C11H12FN3O2S/c12-10-1-3-11(4-2-10)18(16,17)14-6-8-15-7-5-13-9-15/h1-5,7,9,14H,6,8H2. The third-order valence-electron chi connectivity index (χ3n) is 2.35. The van der Waals surface area contributed by atoms with Crippen molar-refractivity contribution in [3.05, 3.63) is 48.8 Å². The largest absolute Gasteiger partial charge is 0.336 e. The summed E-state index contributed by atoms with van der Waals surface area (Å²) in [6, 6.07) is 4.69. The first-order valence-corrected chi connectivity index (χ1v) is 6.77. The van der Waals surface area contributed by atoms with E-state index in [4.69, 9.17) is 0 Å². The first kappa shape index (κ1) is 12.7. The molecule has 5 nitrogen and oxygen atoms in total. The van der Waals surface area contributed by atoms with Gasteiger partial charge in [0.05, 0.1) is 11.2 Å². The molecule has 7 heteroatoms. The summed E-state index contributed by atoms with van der Waals surface area (Å²) in [5.74, 6) is -0.465. The molecule has 0 atom stereocenters. The molecular formula is C11H12FN3O2S. The molecule has 2 aromatic rings. The average molecular weight is 269 g/mol. The Hall–Kier alpha value is -1.73. The van der Waals surface area contributed by atoms with Crippen molar-refractivity contribution in [1.29, 1.82) is 0 Å². The second kappa shape index (κ2) is 5.28. The zero-order valence-corrected chi connectivity index (χ0v) is 10.3. The Labute approximate surface area is 104 Å². The minimum atomic E-state index is -3.58. The van der Waals surface area contributed by atoms with Crippen LogP contribution in [0.4, 0.5) is 4.39 Å². The van der Waals surface area contributed by atoms with E-state index in [1.165, 1.54) is 12.1 Å². The monoisotopic (exact) mass is 269 g/mol. The molecule has 1 aromatic heterocycles. The van der Waals surface area contributed by atoms with Crippen LogP contribution in [0.15, 0.2) is 47.9 Å². The molecule has 1 N–H and O–H groups in total. The first-order valence-electron chi connectivity index (χ1n) is 5.29. The number of nitrogens with one attached hydrogen (secondary N) is 1. The highest BCUT2D eigenvalue weighted by molar-refractivity contribution is 7.89. The molecule has 0 amide bonds. The summed E-state index contributed by atoms with van der Waals surface area (Å²) in [4.78, 5) is 3.90. The van der Waals surface area contributed by atoms with Gasteiger partial charge in [0.2, 0.25) is 10.0 Å². The molecule has 0 saturated carbocycles. The number of sulfonamides is 1. The SMILES string of the molecule is O=S(=O)(NCCn1ccnc1)c1ccc(F)cc1. The Morgan fingerprint density at radius 3 is 2.61 bits per heavy atom. The van der Waals surface area contributed by atoms with E-state index < -0.39 is 15.8 Å². The van der Waals surface area contributed by atoms with Gasteiger partial charge < -0.3 is 4.57 Å². The van der Waals surface area contributed by atoms with Crippen LogP contribution in [0.25, 0.3) is 0 Å². The smallest absolute Gasteiger partial charge is 0.240 e. The van der Waals surface area contributed by atoms with Gasteiger partial charge in [0.15, 0.2) is 0 Å².